The van der Waals surface area contributed by atoms with Gasteiger partial charge < -0.3 is 24.6 Å². The number of amides is 2. The van der Waals surface area contributed by atoms with Gasteiger partial charge in [0, 0.05) is 43.1 Å². The molecule has 1 aliphatic rings. The second-order valence-electron chi connectivity index (χ2n) is 8.66. The fourth-order valence-corrected chi connectivity index (χ4v) is 4.18. The Kier molecular flexibility index (Phi) is 8.58. The molecule has 4 rings (SSSR count). The van der Waals surface area contributed by atoms with E-state index in [0.29, 0.717) is 24.4 Å². The molecule has 3 aromatic carbocycles. The third-order valence-electron chi connectivity index (χ3n) is 6.04. The highest BCUT2D eigenvalue weighted by Crippen LogP contribution is 2.21. The zero-order chi connectivity index (χ0) is 26.2. The molecule has 0 atom stereocenters. The predicted octanol–water partition coefficient (Wildman–Crippen LogP) is 3.86. The molecule has 0 aliphatic carbocycles. The first-order valence-corrected chi connectivity index (χ1v) is 12.4. The van der Waals surface area contributed by atoms with Gasteiger partial charge in [-0.25, -0.2) is 0 Å². The molecule has 1 heterocycles. The Hall–Kier alpha value is -4.11. The van der Waals surface area contributed by atoms with Crippen LogP contribution in [0.4, 0.5) is 11.4 Å². The SMILES string of the molecule is COc1ccc(C(=O)N2CCN(c3ccc(NC(=S)NC(=O)COc4ccc(C)cc4)cc3)CC2)cc1. The van der Waals surface area contributed by atoms with Crippen molar-refractivity contribution in [2.75, 3.05) is 50.1 Å². The average molecular weight is 519 g/mol. The van der Waals surface area contributed by atoms with Gasteiger partial charge >= 0.3 is 0 Å². The number of nitrogens with zero attached hydrogens (tertiary/aromatic N) is 2. The Bertz CT molecular complexity index is 1220. The number of aryl methyl sites for hydroxylation is 1. The monoisotopic (exact) mass is 518 g/mol. The molecule has 1 aliphatic heterocycles. The number of benzene rings is 3. The molecular weight excluding hydrogens is 488 g/mol. The lowest BCUT2D eigenvalue weighted by molar-refractivity contribution is -0.121. The number of nitrogens with one attached hydrogen (secondary N) is 2. The number of piperazine rings is 1. The van der Waals surface area contributed by atoms with Crippen LogP contribution in [0.2, 0.25) is 0 Å². The highest BCUT2D eigenvalue weighted by molar-refractivity contribution is 7.80. The number of anilines is 2. The Labute approximate surface area is 222 Å². The van der Waals surface area contributed by atoms with Crippen molar-refractivity contribution < 1.29 is 19.1 Å². The van der Waals surface area contributed by atoms with E-state index in [2.05, 4.69) is 15.5 Å². The van der Waals surface area contributed by atoms with Crippen LogP contribution in [0, 0.1) is 6.92 Å². The Balaban J connectivity index is 1.21. The summed E-state index contributed by atoms with van der Waals surface area (Å²) in [4.78, 5) is 29.0. The first-order chi connectivity index (χ1) is 17.9. The molecule has 1 fully saturated rings. The summed E-state index contributed by atoms with van der Waals surface area (Å²) in [6, 6.07) is 22.5. The van der Waals surface area contributed by atoms with Crippen molar-refractivity contribution in [1.82, 2.24) is 10.2 Å². The van der Waals surface area contributed by atoms with Crippen molar-refractivity contribution in [3.8, 4) is 11.5 Å². The van der Waals surface area contributed by atoms with Crippen LogP contribution in [0.1, 0.15) is 15.9 Å². The lowest BCUT2D eigenvalue weighted by atomic mass is 10.1. The second-order valence-corrected chi connectivity index (χ2v) is 9.07. The van der Waals surface area contributed by atoms with Gasteiger partial charge in [-0.15, -0.1) is 0 Å². The molecule has 37 heavy (non-hydrogen) atoms. The number of hydrogen-bond acceptors (Lipinski definition) is 6. The number of ether oxygens (including phenoxy) is 2. The summed E-state index contributed by atoms with van der Waals surface area (Å²) in [5, 5.41) is 5.85. The average Bonchev–Trinajstić information content (AvgIpc) is 2.93. The standard InChI is InChI=1S/C28H30N4O4S/c1-20-3-11-25(12-4-20)36-19-26(33)30-28(37)29-22-7-9-23(10-8-22)31-15-17-32(18-16-31)27(34)21-5-13-24(35-2)14-6-21/h3-14H,15-19H2,1-2H3,(H2,29,30,33,37). The number of rotatable bonds is 7. The highest BCUT2D eigenvalue weighted by atomic mass is 32.1. The lowest BCUT2D eigenvalue weighted by Gasteiger charge is -2.36. The maximum absolute atomic E-state index is 12.8. The molecule has 8 nitrogen and oxygen atoms in total. The van der Waals surface area contributed by atoms with Crippen LogP contribution in [0.3, 0.4) is 0 Å². The van der Waals surface area contributed by atoms with Crippen LogP contribution in [-0.2, 0) is 4.79 Å². The van der Waals surface area contributed by atoms with E-state index in [-0.39, 0.29) is 23.5 Å². The van der Waals surface area contributed by atoms with E-state index in [1.807, 2.05) is 60.4 Å². The zero-order valence-electron chi connectivity index (χ0n) is 20.9. The van der Waals surface area contributed by atoms with Gasteiger partial charge in [-0.3, -0.25) is 14.9 Å². The molecule has 0 unspecified atom stereocenters. The van der Waals surface area contributed by atoms with Crippen molar-refractivity contribution in [3.63, 3.8) is 0 Å². The van der Waals surface area contributed by atoms with Crippen molar-refractivity contribution in [1.29, 1.82) is 0 Å². The summed E-state index contributed by atoms with van der Waals surface area (Å²) < 4.78 is 10.6. The van der Waals surface area contributed by atoms with Crippen LogP contribution in [-0.4, -0.2) is 61.7 Å². The van der Waals surface area contributed by atoms with Crippen molar-refractivity contribution >= 4 is 40.5 Å². The van der Waals surface area contributed by atoms with Gasteiger partial charge in [-0.05, 0) is 79.8 Å². The fraction of sp³-hybridized carbons (Fsp3) is 0.250. The van der Waals surface area contributed by atoms with Gasteiger partial charge in [0.1, 0.15) is 11.5 Å². The third kappa shape index (κ3) is 7.20. The highest BCUT2D eigenvalue weighted by Gasteiger charge is 2.22. The third-order valence-corrected chi connectivity index (χ3v) is 6.24. The first-order valence-electron chi connectivity index (χ1n) is 12.0. The quantitative estimate of drug-likeness (QED) is 0.460. The molecule has 1 saturated heterocycles. The van der Waals surface area contributed by atoms with Crippen LogP contribution in [0.5, 0.6) is 11.5 Å². The molecule has 2 N–H and O–H groups in total. The van der Waals surface area contributed by atoms with E-state index >= 15 is 0 Å². The smallest absolute Gasteiger partial charge is 0.264 e. The summed E-state index contributed by atoms with van der Waals surface area (Å²) in [6.45, 7) is 4.63. The molecule has 0 radical (unpaired) electrons. The van der Waals surface area contributed by atoms with Crippen LogP contribution in [0.25, 0.3) is 0 Å². The molecule has 0 spiro atoms. The number of carbonyl (C=O) groups is 2. The van der Waals surface area contributed by atoms with Gasteiger partial charge in [0.25, 0.3) is 11.8 Å². The maximum atomic E-state index is 12.8. The van der Waals surface area contributed by atoms with Gasteiger partial charge in [0.05, 0.1) is 7.11 Å². The number of methoxy groups -OCH3 is 1. The Morgan fingerprint density at radius 3 is 2.11 bits per heavy atom. The second kappa shape index (κ2) is 12.2. The summed E-state index contributed by atoms with van der Waals surface area (Å²) in [5.41, 5.74) is 3.61. The molecule has 0 aromatic heterocycles. The van der Waals surface area contributed by atoms with E-state index < -0.39 is 0 Å². The van der Waals surface area contributed by atoms with Crippen LogP contribution in [0.15, 0.2) is 72.8 Å². The Morgan fingerprint density at radius 2 is 1.49 bits per heavy atom. The molecule has 0 saturated carbocycles. The van der Waals surface area contributed by atoms with Crippen LogP contribution >= 0.6 is 12.2 Å². The summed E-state index contributed by atoms with van der Waals surface area (Å²) in [7, 11) is 1.61. The summed E-state index contributed by atoms with van der Waals surface area (Å²) >= 11 is 5.26. The van der Waals surface area contributed by atoms with E-state index in [1.165, 1.54) is 0 Å². The predicted molar refractivity (Wildman–Crippen MR) is 149 cm³/mol. The van der Waals surface area contributed by atoms with Crippen molar-refractivity contribution in [3.05, 3.63) is 83.9 Å². The zero-order valence-corrected chi connectivity index (χ0v) is 21.7. The van der Waals surface area contributed by atoms with Gasteiger partial charge in [0.2, 0.25) is 0 Å². The minimum absolute atomic E-state index is 0.0293. The molecule has 0 bridgehead atoms. The number of thiocarbonyl (C=S) groups is 1. The summed E-state index contributed by atoms with van der Waals surface area (Å²) in [6.07, 6.45) is 0. The summed E-state index contributed by atoms with van der Waals surface area (Å²) in [5.74, 6) is 1.05. The molecular formula is C28H30N4O4S. The molecule has 3 aromatic rings. The minimum atomic E-state index is -0.336. The topological polar surface area (TPSA) is 83.1 Å². The number of hydrogen-bond donors (Lipinski definition) is 2. The van der Waals surface area contributed by atoms with E-state index in [0.717, 1.165) is 35.8 Å². The minimum Gasteiger partial charge on any atom is -0.497 e. The van der Waals surface area contributed by atoms with E-state index in [1.54, 1.807) is 31.4 Å². The first kappa shape index (κ1) is 26.0. The molecule has 192 valence electrons. The largest absolute Gasteiger partial charge is 0.497 e. The van der Waals surface area contributed by atoms with Gasteiger partial charge in [-0.1, -0.05) is 17.7 Å². The lowest BCUT2D eigenvalue weighted by Crippen LogP contribution is -2.48. The normalized spacial score (nSPS) is 13.0. The molecule has 9 heteroatoms. The van der Waals surface area contributed by atoms with Crippen molar-refractivity contribution in [2.24, 2.45) is 0 Å². The van der Waals surface area contributed by atoms with Gasteiger partial charge in [0.15, 0.2) is 11.7 Å². The van der Waals surface area contributed by atoms with Crippen LogP contribution < -0.4 is 25.0 Å². The van der Waals surface area contributed by atoms with E-state index in [9.17, 15) is 9.59 Å². The van der Waals surface area contributed by atoms with E-state index in [4.69, 9.17) is 21.7 Å². The Morgan fingerprint density at radius 1 is 0.865 bits per heavy atom. The van der Waals surface area contributed by atoms with Gasteiger partial charge in [-0.2, -0.15) is 0 Å². The molecule has 2 amide bonds. The number of carbonyl (C=O) groups excluding carboxylic acids is 2. The van der Waals surface area contributed by atoms with Crippen molar-refractivity contribution in [2.45, 2.75) is 6.92 Å². The fourth-order valence-electron chi connectivity index (χ4n) is 3.95. The maximum Gasteiger partial charge on any atom is 0.264 e.